The maximum absolute atomic E-state index is 13.0. The van der Waals surface area contributed by atoms with Crippen molar-refractivity contribution in [3.05, 3.63) is 0 Å². The number of hydrogen-bond donors (Lipinski definition) is 3. The fraction of sp³-hybridized carbons (Fsp3) is 0.942. The summed E-state index contributed by atoms with van der Waals surface area (Å²) in [6, 6.07) is 0. The average molecular weight is 1300 g/mol. The molecular weight excluding hydrogens is 1160 g/mol. The van der Waals surface area contributed by atoms with Gasteiger partial charge in [-0.25, -0.2) is 9.13 Å². The summed E-state index contributed by atoms with van der Waals surface area (Å²) < 4.78 is 68.1. The minimum atomic E-state index is -4.94. The lowest BCUT2D eigenvalue weighted by Crippen LogP contribution is -2.30. The quantitative estimate of drug-likeness (QED) is 0.0222. The SMILES string of the molecule is CCCCCCCCCCCCCCCCCC(=O)OC[C@H](COP(=O)(O)OCC(O)COP(=O)(O)OC[C@@H](COC(=O)CCCCCCCCCCCCCCCCC)OC(=O)CCCCCCCCCCC)OC(=O)CCCCCCCCCCC. The van der Waals surface area contributed by atoms with Gasteiger partial charge in [0.05, 0.1) is 26.4 Å². The van der Waals surface area contributed by atoms with Gasteiger partial charge in [0.2, 0.25) is 0 Å². The molecule has 0 aliphatic carbocycles. The maximum atomic E-state index is 13.0. The zero-order valence-corrected chi connectivity index (χ0v) is 58.5. The van der Waals surface area contributed by atoms with Crippen LogP contribution in [-0.4, -0.2) is 96.7 Å². The van der Waals surface area contributed by atoms with Crippen molar-refractivity contribution in [3.63, 3.8) is 0 Å². The molecule has 88 heavy (non-hydrogen) atoms. The average Bonchev–Trinajstić information content (AvgIpc) is 3.60. The summed E-state index contributed by atoms with van der Waals surface area (Å²) in [6.07, 6.45) is 51.3. The van der Waals surface area contributed by atoms with Crippen molar-refractivity contribution in [2.75, 3.05) is 39.6 Å². The summed E-state index contributed by atoms with van der Waals surface area (Å²) in [7, 11) is -9.89. The third-order valence-corrected chi connectivity index (χ3v) is 18.0. The fourth-order valence-corrected chi connectivity index (χ4v) is 12.1. The van der Waals surface area contributed by atoms with Gasteiger partial charge in [-0.15, -0.1) is 0 Å². The lowest BCUT2D eigenvalue weighted by Gasteiger charge is -2.21. The van der Waals surface area contributed by atoms with Gasteiger partial charge in [-0.2, -0.15) is 0 Å². The Bertz CT molecular complexity index is 1570. The minimum Gasteiger partial charge on any atom is -0.462 e. The molecule has 0 aromatic heterocycles. The second kappa shape index (κ2) is 63.8. The highest BCUT2D eigenvalue weighted by Crippen LogP contribution is 2.45. The molecule has 0 aliphatic rings. The lowest BCUT2D eigenvalue weighted by molar-refractivity contribution is -0.161. The van der Waals surface area contributed by atoms with E-state index in [2.05, 4.69) is 27.7 Å². The summed E-state index contributed by atoms with van der Waals surface area (Å²) in [5, 5.41) is 10.6. The number of carbonyl (C=O) groups is 4. The standard InChI is InChI=1S/C69H134O17P2/c1-5-9-13-17-21-25-27-29-31-33-35-39-41-45-49-53-66(71)79-59-64(85-68(73)55-51-47-43-37-23-19-15-11-7-3)61-83-87(75,76)81-57-63(70)58-82-88(77,78)84-62-65(86-69(74)56-52-48-44-38-24-20-16-12-8-4)60-80-67(72)54-50-46-42-40-36-34-32-30-28-26-22-18-14-10-6-2/h63-65,70H,5-62H2,1-4H3,(H,75,76)(H,77,78)/t64-,65-/m1/s1. The number of carbonyl (C=O) groups excluding carboxylic acids is 4. The Balaban J connectivity index is 5.15. The van der Waals surface area contributed by atoms with Crippen LogP contribution < -0.4 is 0 Å². The molecular formula is C69H134O17P2. The molecule has 3 N–H and O–H groups in total. The van der Waals surface area contributed by atoms with Gasteiger partial charge in [0.15, 0.2) is 12.2 Å². The second-order valence-electron chi connectivity index (χ2n) is 24.9. The zero-order valence-electron chi connectivity index (χ0n) is 56.7. The number of rotatable bonds is 70. The molecule has 522 valence electrons. The summed E-state index contributed by atoms with van der Waals surface area (Å²) in [5.74, 6) is -2.12. The number of aliphatic hydroxyl groups is 1. The van der Waals surface area contributed by atoms with Crippen LogP contribution in [0.1, 0.15) is 362 Å². The predicted molar refractivity (Wildman–Crippen MR) is 354 cm³/mol. The largest absolute Gasteiger partial charge is 0.472 e. The monoisotopic (exact) mass is 1300 g/mol. The molecule has 0 aromatic carbocycles. The molecule has 4 atom stereocenters. The van der Waals surface area contributed by atoms with Crippen LogP contribution >= 0.6 is 15.6 Å². The van der Waals surface area contributed by atoms with Gasteiger partial charge < -0.3 is 33.8 Å². The molecule has 0 aliphatic heterocycles. The molecule has 17 nitrogen and oxygen atoms in total. The van der Waals surface area contributed by atoms with Crippen molar-refractivity contribution < 1.29 is 80.2 Å². The molecule has 0 saturated heterocycles. The van der Waals surface area contributed by atoms with Crippen LogP contribution in [0.5, 0.6) is 0 Å². The predicted octanol–water partition coefficient (Wildman–Crippen LogP) is 19.9. The van der Waals surface area contributed by atoms with Crippen molar-refractivity contribution in [1.82, 2.24) is 0 Å². The molecule has 0 bridgehead atoms. The van der Waals surface area contributed by atoms with E-state index in [9.17, 15) is 43.2 Å². The normalized spacial score (nSPS) is 14.0. The fourth-order valence-electron chi connectivity index (χ4n) is 10.5. The molecule has 0 aromatic rings. The van der Waals surface area contributed by atoms with E-state index in [0.29, 0.717) is 25.7 Å². The first kappa shape index (κ1) is 86.1. The topological polar surface area (TPSA) is 237 Å². The highest BCUT2D eigenvalue weighted by Gasteiger charge is 2.30. The van der Waals surface area contributed by atoms with E-state index in [4.69, 9.17) is 37.0 Å². The van der Waals surface area contributed by atoms with Gasteiger partial charge in [-0.05, 0) is 25.7 Å². The van der Waals surface area contributed by atoms with Crippen LogP contribution in [0.3, 0.4) is 0 Å². The number of ether oxygens (including phenoxy) is 4. The third kappa shape index (κ3) is 62.8. The van der Waals surface area contributed by atoms with Crippen LogP contribution in [0, 0.1) is 0 Å². The zero-order chi connectivity index (χ0) is 64.7. The molecule has 2 unspecified atom stereocenters. The molecule has 0 heterocycles. The molecule has 0 rings (SSSR count). The summed E-state index contributed by atoms with van der Waals surface area (Å²) in [5.41, 5.74) is 0. The smallest absolute Gasteiger partial charge is 0.462 e. The van der Waals surface area contributed by atoms with Crippen LogP contribution in [0.2, 0.25) is 0 Å². The Morgan fingerprint density at radius 1 is 0.273 bits per heavy atom. The number of phosphoric ester groups is 2. The molecule has 0 spiro atoms. The van der Waals surface area contributed by atoms with E-state index in [1.54, 1.807) is 0 Å². The van der Waals surface area contributed by atoms with Gasteiger partial charge >= 0.3 is 39.5 Å². The summed E-state index contributed by atoms with van der Waals surface area (Å²) in [4.78, 5) is 72.4. The number of hydrogen-bond acceptors (Lipinski definition) is 15. The van der Waals surface area contributed by atoms with Gasteiger partial charge in [0, 0.05) is 25.7 Å². The molecule has 0 saturated carbocycles. The van der Waals surface area contributed by atoms with E-state index in [-0.39, 0.29) is 25.7 Å². The van der Waals surface area contributed by atoms with Crippen molar-refractivity contribution in [2.45, 2.75) is 380 Å². The van der Waals surface area contributed by atoms with Crippen molar-refractivity contribution in [1.29, 1.82) is 0 Å². The maximum Gasteiger partial charge on any atom is 0.472 e. The van der Waals surface area contributed by atoms with E-state index < -0.39 is 97.5 Å². The number of aliphatic hydroxyl groups excluding tert-OH is 1. The third-order valence-electron chi connectivity index (χ3n) is 16.1. The minimum absolute atomic E-state index is 0.107. The van der Waals surface area contributed by atoms with E-state index in [0.717, 1.165) is 89.9 Å². The highest BCUT2D eigenvalue weighted by atomic mass is 31.2. The summed E-state index contributed by atoms with van der Waals surface area (Å²) >= 11 is 0. The van der Waals surface area contributed by atoms with Gasteiger partial charge in [0.1, 0.15) is 19.3 Å². The molecule has 0 amide bonds. The Morgan fingerprint density at radius 3 is 0.670 bits per heavy atom. The Kier molecular flexibility index (Phi) is 62.4. The number of unbranched alkanes of at least 4 members (excludes halogenated alkanes) is 44. The summed E-state index contributed by atoms with van der Waals surface area (Å²) in [6.45, 7) is 4.91. The Hall–Kier alpha value is -1.94. The first-order chi connectivity index (χ1) is 42.7. The van der Waals surface area contributed by atoms with E-state index in [1.165, 1.54) is 193 Å². The van der Waals surface area contributed by atoms with Gasteiger partial charge in [-0.3, -0.25) is 37.3 Å². The van der Waals surface area contributed by atoms with Crippen LogP contribution in [0.15, 0.2) is 0 Å². The van der Waals surface area contributed by atoms with Crippen molar-refractivity contribution in [3.8, 4) is 0 Å². The number of phosphoric acid groups is 2. The Labute approximate surface area is 537 Å². The lowest BCUT2D eigenvalue weighted by atomic mass is 10.0. The van der Waals surface area contributed by atoms with Crippen molar-refractivity contribution in [2.24, 2.45) is 0 Å². The first-order valence-electron chi connectivity index (χ1n) is 36.3. The number of esters is 4. The molecule has 0 fully saturated rings. The Morgan fingerprint density at radius 2 is 0.455 bits per heavy atom. The highest BCUT2D eigenvalue weighted by molar-refractivity contribution is 7.47. The second-order valence-corrected chi connectivity index (χ2v) is 27.8. The van der Waals surface area contributed by atoms with Crippen molar-refractivity contribution >= 4 is 39.5 Å². The first-order valence-corrected chi connectivity index (χ1v) is 39.3. The van der Waals surface area contributed by atoms with Crippen LogP contribution in [0.25, 0.3) is 0 Å². The van der Waals surface area contributed by atoms with Crippen LogP contribution in [0.4, 0.5) is 0 Å². The van der Waals surface area contributed by atoms with E-state index >= 15 is 0 Å². The van der Waals surface area contributed by atoms with E-state index in [1.807, 2.05) is 0 Å². The molecule has 0 radical (unpaired) electrons. The van der Waals surface area contributed by atoms with Gasteiger partial charge in [0.25, 0.3) is 0 Å². The van der Waals surface area contributed by atoms with Gasteiger partial charge in [-0.1, -0.05) is 310 Å². The van der Waals surface area contributed by atoms with Crippen LogP contribution in [-0.2, 0) is 65.4 Å². The molecule has 19 heteroatoms.